The smallest absolute Gasteiger partial charge is 0.328 e. The van der Waals surface area contributed by atoms with Crippen molar-refractivity contribution in [1.82, 2.24) is 46.5 Å². The average molecular weight is 986 g/mol. The van der Waals surface area contributed by atoms with Gasteiger partial charge in [-0.3, -0.25) is 43.1 Å². The fraction of sp³-hybridized carbons (Fsp3) is 0.767. The molecule has 2 aliphatic rings. The summed E-state index contributed by atoms with van der Waals surface area (Å²) in [5, 5.41) is 21.5. The van der Waals surface area contributed by atoms with Crippen molar-refractivity contribution in [1.29, 1.82) is 0 Å². The monoisotopic (exact) mass is 985 g/mol. The van der Waals surface area contributed by atoms with Crippen LogP contribution in [0.4, 0.5) is 0 Å². The highest BCUT2D eigenvalue weighted by molar-refractivity contribution is 6.03. The Labute approximate surface area is 401 Å². The van der Waals surface area contributed by atoms with Crippen LogP contribution in [0, 0.1) is 5.92 Å². The molecule has 2 saturated heterocycles. The number of hydrogen-bond acceptors (Lipinski definition) is 19. The number of ether oxygens (including phenoxy) is 9. The number of cyclic esters (lactones) is 1. The van der Waals surface area contributed by atoms with Crippen molar-refractivity contribution in [2.45, 2.75) is 77.6 Å². The van der Waals surface area contributed by atoms with Gasteiger partial charge in [0.1, 0.15) is 18.3 Å². The summed E-state index contributed by atoms with van der Waals surface area (Å²) in [5.41, 5.74) is 0.529. The fourth-order valence-corrected chi connectivity index (χ4v) is 6.31. The summed E-state index contributed by atoms with van der Waals surface area (Å²) in [4.78, 5) is 96.6. The Kier molecular flexibility index (Phi) is 30.2. The van der Waals surface area contributed by atoms with Crippen LogP contribution in [-0.4, -0.2) is 211 Å². The first-order valence-corrected chi connectivity index (χ1v) is 23.3. The van der Waals surface area contributed by atoms with Gasteiger partial charge in [-0.25, -0.2) is 4.79 Å². The summed E-state index contributed by atoms with van der Waals surface area (Å²) in [6, 6.07) is -1.02. The summed E-state index contributed by atoms with van der Waals surface area (Å²) in [7, 11) is 0. The van der Waals surface area contributed by atoms with Crippen LogP contribution in [0.5, 0.6) is 0 Å². The molecule has 69 heavy (non-hydrogen) atoms. The SMILES string of the molecule is CC1CC(=O)N(CCNC(=O)CCOCCOCCOCCC(=O)NCCn2cc(COCC(=O)NCCOCCOCCOCCOCCC(=O)N[C@H](C)CC(=O)N[C@H]3CCOC3=O)nn2)C1=O. The van der Waals surface area contributed by atoms with Crippen LogP contribution in [0.3, 0.4) is 0 Å². The molecule has 1 aromatic heterocycles. The molecular weight excluding hydrogens is 915 g/mol. The molecule has 5 N–H and O–H groups in total. The molecule has 0 spiro atoms. The summed E-state index contributed by atoms with van der Waals surface area (Å²) < 4.78 is 49.8. The Balaban J connectivity index is 0.999. The lowest BCUT2D eigenvalue weighted by atomic mass is 10.1. The predicted molar refractivity (Wildman–Crippen MR) is 239 cm³/mol. The van der Waals surface area contributed by atoms with E-state index in [-0.39, 0.29) is 125 Å². The van der Waals surface area contributed by atoms with Crippen LogP contribution in [0.2, 0.25) is 0 Å². The van der Waals surface area contributed by atoms with Crippen molar-refractivity contribution in [2.24, 2.45) is 5.92 Å². The maximum atomic E-state index is 12.1. The highest BCUT2D eigenvalue weighted by Crippen LogP contribution is 2.17. The zero-order valence-corrected chi connectivity index (χ0v) is 39.8. The van der Waals surface area contributed by atoms with Crippen LogP contribution in [0.25, 0.3) is 0 Å². The van der Waals surface area contributed by atoms with E-state index in [1.165, 1.54) is 4.90 Å². The lowest BCUT2D eigenvalue weighted by Crippen LogP contribution is -2.42. The summed E-state index contributed by atoms with van der Waals surface area (Å²) in [5.74, 6) is -2.47. The first-order chi connectivity index (χ1) is 33.4. The first-order valence-electron chi connectivity index (χ1n) is 23.3. The quantitative estimate of drug-likeness (QED) is 0.0251. The molecule has 0 bridgehead atoms. The Morgan fingerprint density at radius 3 is 1.72 bits per heavy atom. The third-order valence-corrected chi connectivity index (χ3v) is 9.88. The number of nitrogens with zero attached hydrogens (tertiary/aromatic N) is 4. The van der Waals surface area contributed by atoms with Gasteiger partial charge in [0, 0.05) is 76.7 Å². The van der Waals surface area contributed by atoms with Crippen LogP contribution >= 0.6 is 0 Å². The third-order valence-electron chi connectivity index (χ3n) is 9.88. The third kappa shape index (κ3) is 27.5. The van der Waals surface area contributed by atoms with Gasteiger partial charge in [-0.15, -0.1) is 5.10 Å². The van der Waals surface area contributed by atoms with Gasteiger partial charge < -0.3 is 69.2 Å². The van der Waals surface area contributed by atoms with Gasteiger partial charge in [-0.1, -0.05) is 12.1 Å². The van der Waals surface area contributed by atoms with E-state index in [1.807, 2.05) is 0 Å². The Bertz CT molecular complexity index is 1720. The highest BCUT2D eigenvalue weighted by atomic mass is 16.6. The molecule has 1 aromatic rings. The zero-order valence-electron chi connectivity index (χ0n) is 39.8. The number of amides is 7. The second-order valence-electron chi connectivity index (χ2n) is 15.8. The van der Waals surface area contributed by atoms with Crippen molar-refractivity contribution in [3.63, 3.8) is 0 Å². The van der Waals surface area contributed by atoms with E-state index in [0.717, 1.165) is 0 Å². The second kappa shape index (κ2) is 35.8. The van der Waals surface area contributed by atoms with E-state index in [1.54, 1.807) is 24.7 Å². The number of esters is 1. The van der Waals surface area contributed by atoms with Gasteiger partial charge in [0.25, 0.3) is 0 Å². The Morgan fingerprint density at radius 2 is 1.19 bits per heavy atom. The number of aromatic nitrogens is 3. The number of rotatable bonds is 41. The van der Waals surface area contributed by atoms with Crippen molar-refractivity contribution < 1.29 is 81.0 Å². The molecule has 26 nitrogen and oxygen atoms in total. The Morgan fingerprint density at radius 1 is 0.667 bits per heavy atom. The van der Waals surface area contributed by atoms with E-state index in [2.05, 4.69) is 36.9 Å². The number of likely N-dealkylation sites (tertiary alicyclic amines) is 1. The van der Waals surface area contributed by atoms with Crippen molar-refractivity contribution >= 4 is 47.3 Å². The minimum absolute atomic E-state index is 0.0487. The molecule has 26 heteroatoms. The second-order valence-corrected chi connectivity index (χ2v) is 15.8. The average Bonchev–Trinajstić information content (AvgIpc) is 4.01. The molecule has 7 amide bonds. The number of nitrogens with one attached hydrogen (secondary N) is 5. The van der Waals surface area contributed by atoms with Gasteiger partial charge in [0.2, 0.25) is 41.4 Å². The zero-order chi connectivity index (χ0) is 49.9. The molecule has 0 saturated carbocycles. The van der Waals surface area contributed by atoms with E-state index < -0.39 is 18.1 Å². The molecular formula is C43H71N9O17. The lowest BCUT2D eigenvalue weighted by molar-refractivity contribution is -0.141. The van der Waals surface area contributed by atoms with Crippen LogP contribution in [0.15, 0.2) is 6.20 Å². The van der Waals surface area contributed by atoms with Gasteiger partial charge in [-0.05, 0) is 6.92 Å². The minimum atomic E-state index is -0.624. The molecule has 2 fully saturated rings. The Hall–Kier alpha value is -5.22. The molecule has 2 aliphatic heterocycles. The van der Waals surface area contributed by atoms with E-state index >= 15 is 0 Å². The van der Waals surface area contributed by atoms with Gasteiger partial charge >= 0.3 is 5.97 Å². The number of imide groups is 1. The summed E-state index contributed by atoms with van der Waals surface area (Å²) in [6.45, 7) is 9.21. The standard InChI is InChI=1S/C43H71N9O17/c1-32-27-41(58)52(42(32)59)11-8-45-37(54)5-13-62-18-22-65-21-17-61-12-4-36(53)44-7-10-51-29-34(49-50-51)30-68-31-40(57)46-9-16-64-20-24-67-26-25-66-23-19-63-14-6-38(55)47-33(2)28-39(56)48-35-3-15-69-43(35)60/h29,32-33,35H,3-28,30-31H2,1-2H3,(H,44,53)(H,45,54)(H,46,57)(H,47,55)(H,48,56)/t32?,33-,35+/m1/s1. The van der Waals surface area contributed by atoms with E-state index in [9.17, 15) is 38.4 Å². The molecule has 390 valence electrons. The number of hydrogen-bond donors (Lipinski definition) is 5. The van der Waals surface area contributed by atoms with Gasteiger partial charge in [0.05, 0.1) is 118 Å². The van der Waals surface area contributed by atoms with Crippen molar-refractivity contribution in [2.75, 3.05) is 132 Å². The number of carbonyl (C=O) groups excluding carboxylic acids is 8. The molecule has 0 aliphatic carbocycles. The lowest BCUT2D eigenvalue weighted by Gasteiger charge is -2.15. The van der Waals surface area contributed by atoms with Gasteiger partial charge in [-0.2, -0.15) is 0 Å². The maximum Gasteiger partial charge on any atom is 0.328 e. The van der Waals surface area contributed by atoms with Crippen molar-refractivity contribution in [3.05, 3.63) is 11.9 Å². The molecule has 3 heterocycles. The minimum Gasteiger partial charge on any atom is -0.464 e. The summed E-state index contributed by atoms with van der Waals surface area (Å²) >= 11 is 0. The number of carbonyl (C=O) groups is 8. The molecule has 3 rings (SSSR count). The van der Waals surface area contributed by atoms with E-state index in [4.69, 9.17) is 42.6 Å². The summed E-state index contributed by atoms with van der Waals surface area (Å²) in [6.07, 6.45) is 2.82. The predicted octanol–water partition coefficient (Wildman–Crippen LogP) is -2.85. The fourth-order valence-electron chi connectivity index (χ4n) is 6.31. The molecule has 3 atom stereocenters. The highest BCUT2D eigenvalue weighted by Gasteiger charge is 2.35. The maximum absolute atomic E-state index is 12.1. The van der Waals surface area contributed by atoms with Crippen LogP contribution in [0.1, 0.15) is 58.1 Å². The molecule has 0 aromatic carbocycles. The first kappa shape index (κ1) is 58.1. The van der Waals surface area contributed by atoms with Crippen molar-refractivity contribution in [3.8, 4) is 0 Å². The topological polar surface area (TPSA) is 314 Å². The van der Waals surface area contributed by atoms with Crippen LogP contribution in [-0.2, 0) is 94.1 Å². The molecule has 0 radical (unpaired) electrons. The van der Waals surface area contributed by atoms with Crippen LogP contribution < -0.4 is 26.6 Å². The van der Waals surface area contributed by atoms with E-state index in [0.29, 0.717) is 111 Å². The largest absolute Gasteiger partial charge is 0.464 e. The molecule has 1 unspecified atom stereocenters. The van der Waals surface area contributed by atoms with Gasteiger partial charge in [0.15, 0.2) is 0 Å². The normalized spacial score (nSPS) is 16.1.